The zero-order chi connectivity index (χ0) is 22.5. The molecule has 0 aliphatic carbocycles. The summed E-state index contributed by atoms with van der Waals surface area (Å²) in [5.74, 6) is 0.564. The molecule has 1 N–H and O–H groups in total. The van der Waals surface area contributed by atoms with Gasteiger partial charge in [0.05, 0.1) is 37.9 Å². The molecule has 1 aliphatic rings. The van der Waals surface area contributed by atoms with Crippen LogP contribution in [0.15, 0.2) is 67.0 Å². The van der Waals surface area contributed by atoms with E-state index >= 15 is 0 Å². The first-order valence-corrected chi connectivity index (χ1v) is 11.0. The Morgan fingerprint density at radius 1 is 1.16 bits per heavy atom. The van der Waals surface area contributed by atoms with E-state index in [2.05, 4.69) is 20.9 Å². The lowest BCUT2D eigenvalue weighted by atomic mass is 10.0. The smallest absolute Gasteiger partial charge is 0.307 e. The van der Waals surface area contributed by atoms with Crippen molar-refractivity contribution in [2.75, 3.05) is 20.3 Å². The number of thiocarbonyl (C=S) groups is 1. The Kier molecular flexibility index (Phi) is 6.70. The van der Waals surface area contributed by atoms with E-state index in [1.165, 1.54) is 7.11 Å². The van der Waals surface area contributed by atoms with Gasteiger partial charge in [0.1, 0.15) is 5.75 Å². The molecular formula is C24H26N4O3S. The maximum atomic E-state index is 11.9. The maximum absolute atomic E-state index is 11.9. The summed E-state index contributed by atoms with van der Waals surface area (Å²) in [6.45, 7) is 3.04. The summed E-state index contributed by atoms with van der Waals surface area (Å²) in [6.07, 6.45) is 4.05. The number of nitrogens with one attached hydrogen (secondary N) is 1. The fraction of sp³-hybridized carbons (Fsp3) is 0.292. The van der Waals surface area contributed by atoms with Crippen LogP contribution in [-0.4, -0.2) is 45.8 Å². The molecule has 2 atom stereocenters. The topological polar surface area (TPSA) is 68.6 Å². The summed E-state index contributed by atoms with van der Waals surface area (Å²) < 4.78 is 12.6. The minimum atomic E-state index is -0.269. The molecule has 3 heterocycles. The Bertz CT molecular complexity index is 1070. The number of nitrogens with zero attached hydrogens (tertiary/aromatic N) is 3. The molecule has 7 nitrogen and oxygen atoms in total. The van der Waals surface area contributed by atoms with Gasteiger partial charge in [-0.15, -0.1) is 0 Å². The van der Waals surface area contributed by atoms with Crippen LogP contribution >= 0.6 is 12.2 Å². The van der Waals surface area contributed by atoms with Crippen LogP contribution in [0.2, 0.25) is 0 Å². The molecular weight excluding hydrogens is 424 g/mol. The molecule has 0 amide bonds. The maximum Gasteiger partial charge on any atom is 0.307 e. The minimum Gasteiger partial charge on any atom is -0.494 e. The van der Waals surface area contributed by atoms with Crippen molar-refractivity contribution in [2.45, 2.75) is 25.4 Å². The SMILES string of the molecule is CCOc1ccc(-n2cccc2[C@@H]2[C@@H](c3ccccn3)NC(=S)N2CCC(=O)OC)cc1. The fourth-order valence-electron chi connectivity index (χ4n) is 4.02. The van der Waals surface area contributed by atoms with Gasteiger partial charge in [0.15, 0.2) is 5.11 Å². The average Bonchev–Trinajstić information content (AvgIpc) is 3.43. The second-order valence-electron chi connectivity index (χ2n) is 7.38. The number of rotatable bonds is 8. The number of methoxy groups -OCH3 is 1. The summed E-state index contributed by atoms with van der Waals surface area (Å²) in [5, 5.41) is 4.01. The number of ether oxygens (including phenoxy) is 2. The molecule has 1 aliphatic heterocycles. The van der Waals surface area contributed by atoms with Gasteiger partial charge in [-0.1, -0.05) is 6.07 Å². The molecule has 32 heavy (non-hydrogen) atoms. The van der Waals surface area contributed by atoms with Crippen LogP contribution in [0.4, 0.5) is 0 Å². The zero-order valence-corrected chi connectivity index (χ0v) is 18.9. The third-order valence-corrected chi connectivity index (χ3v) is 5.84. The monoisotopic (exact) mass is 450 g/mol. The molecule has 0 unspecified atom stereocenters. The van der Waals surface area contributed by atoms with Crippen LogP contribution in [0.25, 0.3) is 5.69 Å². The number of hydrogen-bond donors (Lipinski definition) is 1. The van der Waals surface area contributed by atoms with Gasteiger partial charge < -0.3 is 24.3 Å². The van der Waals surface area contributed by atoms with Gasteiger partial charge in [-0.05, 0) is 67.7 Å². The average molecular weight is 451 g/mol. The lowest BCUT2D eigenvalue weighted by molar-refractivity contribution is -0.140. The van der Waals surface area contributed by atoms with Gasteiger partial charge in [-0.2, -0.15) is 0 Å². The molecule has 1 saturated heterocycles. The molecule has 8 heteroatoms. The van der Waals surface area contributed by atoms with Crippen molar-refractivity contribution >= 4 is 23.3 Å². The summed E-state index contributed by atoms with van der Waals surface area (Å²) in [6, 6.07) is 17.6. The van der Waals surface area contributed by atoms with Crippen molar-refractivity contribution in [3.05, 3.63) is 78.4 Å². The summed E-state index contributed by atoms with van der Waals surface area (Å²) in [7, 11) is 1.40. The van der Waals surface area contributed by atoms with Gasteiger partial charge in [-0.25, -0.2) is 0 Å². The highest BCUT2D eigenvalue weighted by atomic mass is 32.1. The molecule has 0 saturated carbocycles. The van der Waals surface area contributed by atoms with Crippen LogP contribution < -0.4 is 10.1 Å². The van der Waals surface area contributed by atoms with E-state index in [0.717, 1.165) is 22.8 Å². The quantitative estimate of drug-likeness (QED) is 0.413. The van der Waals surface area contributed by atoms with Crippen molar-refractivity contribution in [2.24, 2.45) is 0 Å². The van der Waals surface area contributed by atoms with Gasteiger partial charge in [-0.3, -0.25) is 9.78 Å². The fourth-order valence-corrected chi connectivity index (χ4v) is 4.35. The molecule has 0 bridgehead atoms. The third-order valence-electron chi connectivity index (χ3n) is 5.49. The zero-order valence-electron chi connectivity index (χ0n) is 18.1. The van der Waals surface area contributed by atoms with E-state index in [1.54, 1.807) is 6.20 Å². The molecule has 0 radical (unpaired) electrons. The summed E-state index contributed by atoms with van der Waals surface area (Å²) >= 11 is 5.67. The van der Waals surface area contributed by atoms with Gasteiger partial charge >= 0.3 is 5.97 Å². The predicted octanol–water partition coefficient (Wildman–Crippen LogP) is 3.81. The van der Waals surface area contributed by atoms with Crippen LogP contribution in [0.3, 0.4) is 0 Å². The molecule has 166 valence electrons. The van der Waals surface area contributed by atoms with Crippen LogP contribution in [-0.2, 0) is 9.53 Å². The minimum absolute atomic E-state index is 0.149. The Morgan fingerprint density at radius 2 is 1.97 bits per heavy atom. The Balaban J connectivity index is 1.72. The molecule has 4 rings (SSSR count). The molecule has 2 aromatic heterocycles. The number of hydrogen-bond acceptors (Lipinski definition) is 5. The second-order valence-corrected chi connectivity index (χ2v) is 7.76. The largest absolute Gasteiger partial charge is 0.494 e. The highest BCUT2D eigenvalue weighted by molar-refractivity contribution is 7.80. The first-order chi connectivity index (χ1) is 15.6. The van der Waals surface area contributed by atoms with Crippen molar-refractivity contribution in [1.29, 1.82) is 0 Å². The highest BCUT2D eigenvalue weighted by Gasteiger charge is 2.41. The number of aromatic nitrogens is 2. The van der Waals surface area contributed by atoms with E-state index in [0.29, 0.717) is 18.3 Å². The standard InChI is InChI=1S/C24H26N4O3S/c1-3-31-18-11-9-17(10-12-18)27-15-6-8-20(27)23-22(19-7-4-5-14-25-19)26-24(32)28(23)16-13-21(29)30-2/h4-12,14-15,22-23H,3,13,16H2,1-2H3,(H,26,32)/t22-,23-/m1/s1. The van der Waals surface area contributed by atoms with Crippen molar-refractivity contribution in [1.82, 2.24) is 19.8 Å². The number of carbonyl (C=O) groups is 1. The molecule has 1 aromatic carbocycles. The van der Waals surface area contributed by atoms with Crippen LogP contribution in [0, 0.1) is 0 Å². The lowest BCUT2D eigenvalue weighted by Gasteiger charge is -2.28. The van der Waals surface area contributed by atoms with Crippen LogP contribution in [0.5, 0.6) is 5.75 Å². The highest BCUT2D eigenvalue weighted by Crippen LogP contribution is 2.39. The number of carbonyl (C=O) groups excluding carboxylic acids is 1. The van der Waals surface area contributed by atoms with Crippen LogP contribution in [0.1, 0.15) is 36.8 Å². The van der Waals surface area contributed by atoms with Crippen molar-refractivity contribution < 1.29 is 14.3 Å². The summed E-state index contributed by atoms with van der Waals surface area (Å²) in [4.78, 5) is 18.5. The van der Waals surface area contributed by atoms with Crippen molar-refractivity contribution in [3.63, 3.8) is 0 Å². The Hall–Kier alpha value is -3.39. The van der Waals surface area contributed by atoms with Crippen molar-refractivity contribution in [3.8, 4) is 11.4 Å². The molecule has 0 spiro atoms. The normalized spacial score (nSPS) is 17.8. The van der Waals surface area contributed by atoms with Gasteiger partial charge in [0.2, 0.25) is 0 Å². The van der Waals surface area contributed by atoms with Gasteiger partial charge in [0, 0.05) is 30.3 Å². The van der Waals surface area contributed by atoms with E-state index in [-0.39, 0.29) is 24.5 Å². The second kappa shape index (κ2) is 9.82. The first kappa shape index (κ1) is 21.8. The summed E-state index contributed by atoms with van der Waals surface area (Å²) in [5.41, 5.74) is 2.95. The number of esters is 1. The van der Waals surface area contributed by atoms with E-state index in [1.807, 2.05) is 66.6 Å². The number of benzene rings is 1. The Labute approximate surface area is 193 Å². The number of pyridine rings is 1. The molecule has 3 aromatic rings. The van der Waals surface area contributed by atoms with E-state index in [9.17, 15) is 4.79 Å². The van der Waals surface area contributed by atoms with E-state index in [4.69, 9.17) is 21.7 Å². The third kappa shape index (κ3) is 4.45. The lowest BCUT2D eigenvalue weighted by Crippen LogP contribution is -2.32. The first-order valence-electron chi connectivity index (χ1n) is 10.6. The molecule has 1 fully saturated rings. The van der Waals surface area contributed by atoms with Gasteiger partial charge in [0.25, 0.3) is 0 Å². The Morgan fingerprint density at radius 3 is 2.66 bits per heavy atom. The predicted molar refractivity (Wildman–Crippen MR) is 126 cm³/mol. The van der Waals surface area contributed by atoms with E-state index < -0.39 is 0 Å².